The maximum Gasteiger partial charge on any atom is 0.209 e. The minimum absolute atomic E-state index is 0.161. The van der Waals surface area contributed by atoms with E-state index in [-0.39, 0.29) is 5.57 Å². The van der Waals surface area contributed by atoms with Crippen LogP contribution in [0, 0.1) is 0 Å². The first-order valence-electron chi connectivity index (χ1n) is 5.70. The van der Waals surface area contributed by atoms with Crippen molar-refractivity contribution in [2.24, 2.45) is 0 Å². The van der Waals surface area contributed by atoms with E-state index < -0.39 is 34.3 Å². The molecule has 0 aromatic carbocycles. The van der Waals surface area contributed by atoms with Gasteiger partial charge in [-0.05, 0) is 26.8 Å². The third kappa shape index (κ3) is 2.51. The average molecular weight is 264 g/mol. The van der Waals surface area contributed by atoms with Gasteiger partial charge in [0.05, 0.1) is 0 Å². The normalized spacial score (nSPS) is 27.8. The van der Waals surface area contributed by atoms with Gasteiger partial charge in [0, 0.05) is 5.57 Å². The van der Waals surface area contributed by atoms with Crippen LogP contribution in [0.1, 0.15) is 20.8 Å². The minimum atomic E-state index is -2.27. The molecular weight excluding hydrogens is 248 g/mol. The average Bonchev–Trinajstić information content (AvgIpc) is 2.35. The first kappa shape index (κ1) is 14.9. The Morgan fingerprint density at radius 3 is 2.32 bits per heavy atom. The van der Waals surface area contributed by atoms with Crippen LogP contribution < -0.4 is 0 Å². The lowest BCUT2D eigenvalue weighted by Gasteiger charge is -2.27. The Morgan fingerprint density at radius 1 is 1.21 bits per heavy atom. The molecule has 1 aliphatic carbocycles. The van der Waals surface area contributed by atoms with Crippen molar-refractivity contribution in [2.45, 2.75) is 26.4 Å². The number of carbonyl (C=O) groups is 2. The molecule has 0 heterocycles. The fourth-order valence-corrected chi connectivity index (χ4v) is 1.69. The molecule has 0 radical (unpaired) electrons. The molecule has 0 saturated heterocycles. The van der Waals surface area contributed by atoms with Gasteiger partial charge in [-0.15, -0.1) is 0 Å². The van der Waals surface area contributed by atoms with Gasteiger partial charge in [-0.25, -0.2) is 0 Å². The van der Waals surface area contributed by atoms with E-state index in [9.17, 15) is 24.9 Å². The molecule has 5 heteroatoms. The summed E-state index contributed by atoms with van der Waals surface area (Å²) >= 11 is 0. The molecular formula is C14H16O5. The van der Waals surface area contributed by atoms with Crippen molar-refractivity contribution in [3.8, 4) is 0 Å². The standard InChI is InChI=1S/C14H16O5/c1-4-5-6-7-9(15)10-11(16)8(2)12(17)14(3,19)13(10)18/h4-7,15-16,19H,1-3H3. The van der Waals surface area contributed by atoms with Crippen molar-refractivity contribution >= 4 is 11.6 Å². The third-order valence-corrected chi connectivity index (χ3v) is 2.86. The molecule has 5 nitrogen and oxygen atoms in total. The fourth-order valence-electron chi connectivity index (χ4n) is 1.69. The van der Waals surface area contributed by atoms with Crippen molar-refractivity contribution in [3.05, 3.63) is 47.0 Å². The zero-order valence-electron chi connectivity index (χ0n) is 11.0. The number of carbonyl (C=O) groups excluding carboxylic acids is 2. The molecule has 0 amide bonds. The number of allylic oxidation sites excluding steroid dienone is 5. The number of Topliss-reactive ketones (excluding diaryl/α,β-unsaturated/α-hetero) is 2. The van der Waals surface area contributed by atoms with Gasteiger partial charge in [0.25, 0.3) is 0 Å². The van der Waals surface area contributed by atoms with E-state index in [1.54, 1.807) is 19.1 Å². The van der Waals surface area contributed by atoms with Gasteiger partial charge >= 0.3 is 0 Å². The van der Waals surface area contributed by atoms with Gasteiger partial charge < -0.3 is 15.3 Å². The van der Waals surface area contributed by atoms with Crippen LogP contribution in [0.25, 0.3) is 0 Å². The van der Waals surface area contributed by atoms with Crippen molar-refractivity contribution < 1.29 is 24.9 Å². The summed E-state index contributed by atoms with van der Waals surface area (Å²) in [6, 6.07) is 0. The number of aliphatic hydroxyl groups excluding tert-OH is 2. The highest BCUT2D eigenvalue weighted by Crippen LogP contribution is 2.31. The van der Waals surface area contributed by atoms with E-state index in [2.05, 4.69) is 0 Å². The van der Waals surface area contributed by atoms with Crippen LogP contribution in [0.15, 0.2) is 47.0 Å². The molecule has 0 aliphatic heterocycles. The summed E-state index contributed by atoms with van der Waals surface area (Å²) < 4.78 is 0. The van der Waals surface area contributed by atoms with Crippen LogP contribution in [0.5, 0.6) is 0 Å². The summed E-state index contributed by atoms with van der Waals surface area (Å²) in [6.07, 6.45) is 5.98. The summed E-state index contributed by atoms with van der Waals surface area (Å²) in [7, 11) is 0. The fraction of sp³-hybridized carbons (Fsp3) is 0.286. The lowest BCUT2D eigenvalue weighted by molar-refractivity contribution is -0.145. The molecule has 0 aromatic heterocycles. The second kappa shape index (κ2) is 5.24. The minimum Gasteiger partial charge on any atom is -0.507 e. The summed E-state index contributed by atoms with van der Waals surface area (Å²) in [5.74, 6) is -3.01. The van der Waals surface area contributed by atoms with E-state index >= 15 is 0 Å². The summed E-state index contributed by atoms with van der Waals surface area (Å²) in [4.78, 5) is 23.6. The van der Waals surface area contributed by atoms with Crippen LogP contribution in [-0.2, 0) is 9.59 Å². The van der Waals surface area contributed by atoms with Crippen molar-refractivity contribution in [1.29, 1.82) is 0 Å². The SMILES string of the molecule is CC=CC=CC(O)=C1C(=O)C(C)(O)C(=O)C(C)=C1O. The second-order valence-electron chi connectivity index (χ2n) is 4.35. The highest BCUT2D eigenvalue weighted by molar-refractivity contribution is 6.26. The second-order valence-corrected chi connectivity index (χ2v) is 4.35. The van der Waals surface area contributed by atoms with Crippen LogP contribution in [0.3, 0.4) is 0 Å². The predicted molar refractivity (Wildman–Crippen MR) is 69.6 cm³/mol. The number of hydrogen-bond acceptors (Lipinski definition) is 5. The molecule has 0 bridgehead atoms. The van der Waals surface area contributed by atoms with Gasteiger partial charge in [0.15, 0.2) is 5.60 Å². The molecule has 102 valence electrons. The van der Waals surface area contributed by atoms with E-state index in [1.165, 1.54) is 19.1 Å². The molecule has 0 aromatic rings. The van der Waals surface area contributed by atoms with E-state index in [0.717, 1.165) is 6.92 Å². The Balaban J connectivity index is 3.46. The largest absolute Gasteiger partial charge is 0.507 e. The number of aliphatic hydroxyl groups is 3. The van der Waals surface area contributed by atoms with Gasteiger partial charge in [0.2, 0.25) is 11.6 Å². The van der Waals surface area contributed by atoms with E-state index in [4.69, 9.17) is 0 Å². The molecule has 1 aliphatic rings. The first-order chi connectivity index (χ1) is 8.75. The highest BCUT2D eigenvalue weighted by atomic mass is 16.3. The molecule has 0 fully saturated rings. The topological polar surface area (TPSA) is 94.8 Å². The molecule has 0 saturated carbocycles. The molecule has 1 atom stereocenters. The maximum atomic E-state index is 12.0. The van der Waals surface area contributed by atoms with Crippen LogP contribution >= 0.6 is 0 Å². The first-order valence-corrected chi connectivity index (χ1v) is 5.70. The summed E-state index contributed by atoms with van der Waals surface area (Å²) in [5, 5.41) is 29.5. The maximum absolute atomic E-state index is 12.0. The molecule has 0 spiro atoms. The van der Waals surface area contributed by atoms with Gasteiger partial charge in [0.1, 0.15) is 17.1 Å². The Morgan fingerprint density at radius 2 is 1.79 bits per heavy atom. The lowest BCUT2D eigenvalue weighted by Crippen LogP contribution is -2.48. The number of rotatable bonds is 2. The summed E-state index contributed by atoms with van der Waals surface area (Å²) in [6.45, 7) is 4.09. The van der Waals surface area contributed by atoms with Gasteiger partial charge in [-0.1, -0.05) is 18.2 Å². The van der Waals surface area contributed by atoms with Gasteiger partial charge in [-0.2, -0.15) is 0 Å². The molecule has 1 unspecified atom stereocenters. The highest BCUT2D eigenvalue weighted by Gasteiger charge is 2.48. The summed E-state index contributed by atoms with van der Waals surface area (Å²) in [5.41, 5.74) is -2.89. The van der Waals surface area contributed by atoms with Gasteiger partial charge in [-0.3, -0.25) is 9.59 Å². The quantitative estimate of drug-likeness (QED) is 0.305. The van der Waals surface area contributed by atoms with Crippen molar-refractivity contribution in [1.82, 2.24) is 0 Å². The van der Waals surface area contributed by atoms with E-state index in [1.807, 2.05) is 0 Å². The molecule has 19 heavy (non-hydrogen) atoms. The van der Waals surface area contributed by atoms with Crippen LogP contribution in [0.4, 0.5) is 0 Å². The Labute approximate surface area is 110 Å². The Bertz CT molecular complexity index is 544. The Kier molecular flexibility index (Phi) is 4.11. The number of hydrogen-bond donors (Lipinski definition) is 3. The van der Waals surface area contributed by atoms with Crippen molar-refractivity contribution in [2.75, 3.05) is 0 Å². The third-order valence-electron chi connectivity index (χ3n) is 2.86. The van der Waals surface area contributed by atoms with E-state index in [0.29, 0.717) is 0 Å². The molecule has 3 N–H and O–H groups in total. The zero-order chi connectivity index (χ0) is 14.8. The zero-order valence-corrected chi connectivity index (χ0v) is 11.0. The smallest absolute Gasteiger partial charge is 0.209 e. The van der Waals surface area contributed by atoms with Crippen molar-refractivity contribution in [3.63, 3.8) is 0 Å². The number of ketones is 2. The monoisotopic (exact) mass is 264 g/mol. The van der Waals surface area contributed by atoms with Crippen LogP contribution in [-0.4, -0.2) is 32.5 Å². The molecule has 1 rings (SSSR count). The Hall–Kier alpha value is -2.14. The predicted octanol–water partition coefficient (Wildman–Crippen LogP) is 1.67. The lowest BCUT2D eigenvalue weighted by atomic mass is 9.79. The van der Waals surface area contributed by atoms with Crippen LogP contribution in [0.2, 0.25) is 0 Å².